The van der Waals surface area contributed by atoms with Crippen molar-refractivity contribution in [2.45, 2.75) is 32.9 Å². The molecule has 2 aliphatic heterocycles. The number of H-pyrrole nitrogens is 1. The SMILES string of the molecule is CC(C)NC(=O)N1CC=C(c2c[nH]c3ncc(-c4ccc(CN5CCOCC5)o4)cc23)CC1. The molecule has 2 aliphatic rings. The van der Waals surface area contributed by atoms with E-state index in [1.165, 1.54) is 5.57 Å². The molecule has 2 amide bonds. The number of ether oxygens (including phenoxy) is 1. The van der Waals surface area contributed by atoms with Gasteiger partial charge in [-0.05, 0) is 44.0 Å². The van der Waals surface area contributed by atoms with Crippen molar-refractivity contribution in [2.75, 3.05) is 39.4 Å². The van der Waals surface area contributed by atoms with Gasteiger partial charge in [0.2, 0.25) is 0 Å². The highest BCUT2D eigenvalue weighted by Crippen LogP contribution is 2.32. The normalized spacial score (nSPS) is 17.5. The van der Waals surface area contributed by atoms with Gasteiger partial charge in [-0.3, -0.25) is 4.90 Å². The molecule has 33 heavy (non-hydrogen) atoms. The Balaban J connectivity index is 1.33. The summed E-state index contributed by atoms with van der Waals surface area (Å²) in [6, 6.07) is 6.35. The molecule has 2 N–H and O–H groups in total. The molecule has 0 atom stereocenters. The molecular formula is C25H31N5O3. The summed E-state index contributed by atoms with van der Waals surface area (Å²) in [5.41, 5.74) is 4.20. The van der Waals surface area contributed by atoms with Gasteiger partial charge in [-0.25, -0.2) is 9.78 Å². The third kappa shape index (κ3) is 4.82. The Bertz CT molecular complexity index is 1160. The number of rotatable bonds is 5. The Morgan fingerprint density at radius 2 is 2.09 bits per heavy atom. The Hall–Kier alpha value is -3.10. The summed E-state index contributed by atoms with van der Waals surface area (Å²) in [5.74, 6) is 1.78. The standard InChI is InChI=1S/C25H31N5O3/c1-17(2)28-25(31)30-7-5-18(6-8-30)22-15-27-24-21(22)13-19(14-26-24)23-4-3-20(33-23)16-29-9-11-32-12-10-29/h3-5,13-15,17H,6-12,16H2,1-2H3,(H,26,27)(H,28,31). The predicted octanol–water partition coefficient (Wildman–Crippen LogP) is 3.86. The van der Waals surface area contributed by atoms with Gasteiger partial charge in [0.25, 0.3) is 0 Å². The quantitative estimate of drug-likeness (QED) is 0.618. The van der Waals surface area contributed by atoms with E-state index in [0.29, 0.717) is 13.1 Å². The molecule has 0 aromatic carbocycles. The number of hydrogen-bond acceptors (Lipinski definition) is 5. The van der Waals surface area contributed by atoms with Crippen LogP contribution in [0.25, 0.3) is 27.9 Å². The molecular weight excluding hydrogens is 418 g/mol. The van der Waals surface area contributed by atoms with Gasteiger partial charge in [-0.15, -0.1) is 0 Å². The highest BCUT2D eigenvalue weighted by molar-refractivity contribution is 5.93. The van der Waals surface area contributed by atoms with Crippen LogP contribution in [-0.4, -0.2) is 71.2 Å². The van der Waals surface area contributed by atoms with Gasteiger partial charge in [0, 0.05) is 61.1 Å². The summed E-state index contributed by atoms with van der Waals surface area (Å²) in [5, 5.41) is 4.04. The molecule has 0 aliphatic carbocycles. The summed E-state index contributed by atoms with van der Waals surface area (Å²) in [6.07, 6.45) is 6.83. The van der Waals surface area contributed by atoms with Gasteiger partial charge in [0.15, 0.2) is 0 Å². The Kier molecular flexibility index (Phi) is 6.20. The number of carbonyl (C=O) groups is 1. The minimum Gasteiger partial charge on any atom is -0.460 e. The largest absolute Gasteiger partial charge is 0.460 e. The van der Waals surface area contributed by atoms with Crippen LogP contribution >= 0.6 is 0 Å². The average molecular weight is 450 g/mol. The number of amides is 2. The number of morpholine rings is 1. The van der Waals surface area contributed by atoms with E-state index < -0.39 is 0 Å². The number of hydrogen-bond donors (Lipinski definition) is 2. The van der Waals surface area contributed by atoms with Gasteiger partial charge in [0.05, 0.1) is 19.8 Å². The first kappa shape index (κ1) is 21.7. The second-order valence-electron chi connectivity index (χ2n) is 9.01. The number of carbonyl (C=O) groups excluding carboxylic acids is 1. The maximum atomic E-state index is 12.3. The smallest absolute Gasteiger partial charge is 0.317 e. The van der Waals surface area contributed by atoms with E-state index in [-0.39, 0.29) is 12.1 Å². The number of pyridine rings is 1. The molecule has 1 fully saturated rings. The van der Waals surface area contributed by atoms with Crippen LogP contribution in [0.3, 0.4) is 0 Å². The van der Waals surface area contributed by atoms with Crippen molar-refractivity contribution < 1.29 is 13.9 Å². The number of aromatic nitrogens is 2. The number of nitrogens with zero attached hydrogens (tertiary/aromatic N) is 3. The first-order valence-electron chi connectivity index (χ1n) is 11.7. The molecule has 5 rings (SSSR count). The minimum atomic E-state index is -0.00566. The fraction of sp³-hybridized carbons (Fsp3) is 0.440. The monoisotopic (exact) mass is 449 g/mol. The second kappa shape index (κ2) is 9.41. The third-order valence-electron chi connectivity index (χ3n) is 6.21. The Morgan fingerprint density at radius 1 is 1.24 bits per heavy atom. The molecule has 5 heterocycles. The Labute approximate surface area is 193 Å². The number of aromatic amines is 1. The molecule has 0 saturated carbocycles. The van der Waals surface area contributed by atoms with Crippen molar-refractivity contribution in [1.82, 2.24) is 25.1 Å². The van der Waals surface area contributed by atoms with Gasteiger partial charge in [-0.1, -0.05) is 6.08 Å². The lowest BCUT2D eigenvalue weighted by Gasteiger charge is -2.27. The predicted molar refractivity (Wildman–Crippen MR) is 128 cm³/mol. The topological polar surface area (TPSA) is 86.6 Å². The van der Waals surface area contributed by atoms with Crippen molar-refractivity contribution in [1.29, 1.82) is 0 Å². The number of furan rings is 1. The van der Waals surface area contributed by atoms with Crippen molar-refractivity contribution in [3.63, 3.8) is 0 Å². The second-order valence-corrected chi connectivity index (χ2v) is 9.01. The Morgan fingerprint density at radius 3 is 2.85 bits per heavy atom. The van der Waals surface area contributed by atoms with Crippen LogP contribution < -0.4 is 5.32 Å². The van der Waals surface area contributed by atoms with Crippen molar-refractivity contribution in [3.8, 4) is 11.3 Å². The van der Waals surface area contributed by atoms with Crippen LogP contribution in [-0.2, 0) is 11.3 Å². The van der Waals surface area contributed by atoms with E-state index in [9.17, 15) is 4.79 Å². The van der Waals surface area contributed by atoms with Crippen LogP contribution in [0.5, 0.6) is 0 Å². The first-order valence-corrected chi connectivity index (χ1v) is 11.7. The van der Waals surface area contributed by atoms with Gasteiger partial charge >= 0.3 is 6.03 Å². The van der Waals surface area contributed by atoms with Crippen LogP contribution in [0, 0.1) is 0 Å². The zero-order valence-electron chi connectivity index (χ0n) is 19.3. The number of fused-ring (bicyclic) bond motifs is 1. The molecule has 8 heteroatoms. The van der Waals surface area contributed by atoms with Crippen LogP contribution in [0.4, 0.5) is 4.79 Å². The lowest BCUT2D eigenvalue weighted by molar-refractivity contribution is 0.0314. The van der Waals surface area contributed by atoms with Crippen molar-refractivity contribution >= 4 is 22.6 Å². The van der Waals surface area contributed by atoms with Crippen molar-refractivity contribution in [3.05, 3.63) is 48.0 Å². The van der Waals surface area contributed by atoms with E-state index in [0.717, 1.165) is 72.9 Å². The van der Waals surface area contributed by atoms with E-state index >= 15 is 0 Å². The fourth-order valence-electron chi connectivity index (χ4n) is 4.44. The maximum absolute atomic E-state index is 12.3. The molecule has 3 aromatic heterocycles. The summed E-state index contributed by atoms with van der Waals surface area (Å²) >= 11 is 0. The molecule has 0 radical (unpaired) electrons. The molecule has 1 saturated heterocycles. The third-order valence-corrected chi connectivity index (χ3v) is 6.21. The fourth-order valence-corrected chi connectivity index (χ4v) is 4.44. The van der Waals surface area contributed by atoms with Crippen LogP contribution in [0.2, 0.25) is 0 Å². The summed E-state index contributed by atoms with van der Waals surface area (Å²) < 4.78 is 11.6. The van der Waals surface area contributed by atoms with Gasteiger partial charge < -0.3 is 24.4 Å². The summed E-state index contributed by atoms with van der Waals surface area (Å²) in [7, 11) is 0. The van der Waals surface area contributed by atoms with Crippen molar-refractivity contribution in [2.24, 2.45) is 0 Å². The first-order chi connectivity index (χ1) is 16.1. The van der Waals surface area contributed by atoms with E-state index in [4.69, 9.17) is 9.15 Å². The van der Waals surface area contributed by atoms with E-state index in [1.54, 1.807) is 0 Å². The lowest BCUT2D eigenvalue weighted by Crippen LogP contribution is -2.44. The molecule has 3 aromatic rings. The van der Waals surface area contributed by atoms with Gasteiger partial charge in [-0.2, -0.15) is 0 Å². The minimum absolute atomic E-state index is 0.00566. The van der Waals surface area contributed by atoms with Crippen LogP contribution in [0.15, 0.2) is 41.1 Å². The number of urea groups is 1. The van der Waals surface area contributed by atoms with E-state index in [1.807, 2.05) is 43.3 Å². The highest BCUT2D eigenvalue weighted by atomic mass is 16.5. The summed E-state index contributed by atoms with van der Waals surface area (Å²) in [6.45, 7) is 9.48. The number of nitrogens with one attached hydrogen (secondary N) is 2. The molecule has 174 valence electrons. The lowest BCUT2D eigenvalue weighted by atomic mass is 9.99. The van der Waals surface area contributed by atoms with Crippen LogP contribution in [0.1, 0.15) is 31.6 Å². The highest BCUT2D eigenvalue weighted by Gasteiger charge is 2.20. The molecule has 0 spiro atoms. The summed E-state index contributed by atoms with van der Waals surface area (Å²) in [4.78, 5) is 24.4. The molecule has 0 bridgehead atoms. The zero-order chi connectivity index (χ0) is 22.8. The molecule has 0 unspecified atom stereocenters. The van der Waals surface area contributed by atoms with Gasteiger partial charge in [0.1, 0.15) is 17.2 Å². The van der Waals surface area contributed by atoms with E-state index in [2.05, 4.69) is 32.3 Å². The average Bonchev–Trinajstić information content (AvgIpc) is 3.46. The molecule has 8 nitrogen and oxygen atoms in total. The maximum Gasteiger partial charge on any atom is 0.317 e. The zero-order valence-corrected chi connectivity index (χ0v) is 19.3.